The maximum absolute atomic E-state index is 12.6. The van der Waals surface area contributed by atoms with Crippen molar-refractivity contribution in [3.8, 4) is 11.6 Å². The second-order valence-corrected chi connectivity index (χ2v) is 5.28. The molecule has 0 aromatic carbocycles. The molecule has 21 heavy (non-hydrogen) atoms. The summed E-state index contributed by atoms with van der Waals surface area (Å²) in [6.45, 7) is 0. The second-order valence-electron chi connectivity index (χ2n) is 5.28. The molecule has 0 spiro atoms. The van der Waals surface area contributed by atoms with Gasteiger partial charge in [-0.15, -0.1) is 0 Å². The van der Waals surface area contributed by atoms with E-state index < -0.39 is 6.43 Å². The van der Waals surface area contributed by atoms with Gasteiger partial charge in [-0.05, 0) is 18.9 Å². The highest BCUT2D eigenvalue weighted by atomic mass is 19.3. The molecule has 1 saturated carbocycles. The van der Waals surface area contributed by atoms with E-state index in [0.717, 1.165) is 32.0 Å². The van der Waals surface area contributed by atoms with E-state index in [1.54, 1.807) is 0 Å². The molecule has 2 aromatic heterocycles. The summed E-state index contributed by atoms with van der Waals surface area (Å²) < 4.78 is 30.5. The van der Waals surface area contributed by atoms with Crippen LogP contribution in [0.1, 0.15) is 62.4 Å². The van der Waals surface area contributed by atoms with Crippen LogP contribution in [0.4, 0.5) is 8.78 Å². The van der Waals surface area contributed by atoms with Gasteiger partial charge in [0.05, 0.1) is 0 Å². The van der Waals surface area contributed by atoms with Crippen LogP contribution in [-0.4, -0.2) is 20.1 Å². The normalized spacial score (nSPS) is 17.1. The highest BCUT2D eigenvalue weighted by Gasteiger charge is 2.21. The first kappa shape index (κ1) is 14.0. The molecule has 0 aliphatic heterocycles. The van der Waals surface area contributed by atoms with Crippen LogP contribution in [0.2, 0.25) is 0 Å². The van der Waals surface area contributed by atoms with E-state index in [9.17, 15) is 8.78 Å². The van der Waals surface area contributed by atoms with Gasteiger partial charge in [-0.25, -0.2) is 18.7 Å². The molecular formula is C14H16F2N4O. The summed E-state index contributed by atoms with van der Waals surface area (Å²) in [6, 6.07) is 1.19. The summed E-state index contributed by atoms with van der Waals surface area (Å²) in [5, 5.41) is 4.00. The number of rotatable bonds is 3. The Hall–Kier alpha value is -1.92. The number of nitrogens with zero attached hydrogens (tertiary/aromatic N) is 4. The average molecular weight is 294 g/mol. The van der Waals surface area contributed by atoms with E-state index in [-0.39, 0.29) is 17.3 Å². The third kappa shape index (κ3) is 3.22. The van der Waals surface area contributed by atoms with Crippen molar-refractivity contribution in [2.45, 2.75) is 50.9 Å². The number of hydrogen-bond donors (Lipinski definition) is 0. The summed E-state index contributed by atoms with van der Waals surface area (Å²) >= 11 is 0. The molecule has 1 fully saturated rings. The van der Waals surface area contributed by atoms with E-state index >= 15 is 0 Å². The van der Waals surface area contributed by atoms with E-state index in [0.29, 0.717) is 11.7 Å². The van der Waals surface area contributed by atoms with Crippen LogP contribution in [0.3, 0.4) is 0 Å². The van der Waals surface area contributed by atoms with Crippen molar-refractivity contribution in [1.29, 1.82) is 0 Å². The highest BCUT2D eigenvalue weighted by Crippen LogP contribution is 2.31. The third-order valence-electron chi connectivity index (χ3n) is 3.79. The Kier molecular flexibility index (Phi) is 4.17. The molecule has 0 bridgehead atoms. The van der Waals surface area contributed by atoms with Gasteiger partial charge >= 0.3 is 0 Å². The van der Waals surface area contributed by atoms with Gasteiger partial charge in [0.25, 0.3) is 12.3 Å². The molecular weight excluding hydrogens is 278 g/mol. The molecule has 3 rings (SSSR count). The van der Waals surface area contributed by atoms with E-state index in [2.05, 4.69) is 20.1 Å². The first-order valence-electron chi connectivity index (χ1n) is 7.18. The fourth-order valence-electron chi connectivity index (χ4n) is 2.65. The van der Waals surface area contributed by atoms with Crippen LogP contribution in [0.15, 0.2) is 16.9 Å². The fourth-order valence-corrected chi connectivity index (χ4v) is 2.65. The van der Waals surface area contributed by atoms with E-state index in [1.165, 1.54) is 18.9 Å². The molecule has 0 N–H and O–H groups in total. The van der Waals surface area contributed by atoms with Gasteiger partial charge in [-0.1, -0.05) is 30.8 Å². The van der Waals surface area contributed by atoms with Gasteiger partial charge in [0.15, 0.2) is 5.82 Å². The minimum atomic E-state index is -2.64. The molecule has 112 valence electrons. The van der Waals surface area contributed by atoms with Gasteiger partial charge in [-0.3, -0.25) is 0 Å². The Labute approximate surface area is 120 Å². The molecule has 0 saturated heterocycles. The smallest absolute Gasteiger partial charge is 0.280 e. The molecule has 0 amide bonds. The third-order valence-corrected chi connectivity index (χ3v) is 3.79. The summed E-state index contributed by atoms with van der Waals surface area (Å²) in [5.74, 6) is 1.13. The highest BCUT2D eigenvalue weighted by molar-refractivity contribution is 5.46. The van der Waals surface area contributed by atoms with Crippen molar-refractivity contribution >= 4 is 0 Å². The first-order chi connectivity index (χ1) is 10.2. The van der Waals surface area contributed by atoms with Gasteiger partial charge in [0, 0.05) is 5.92 Å². The van der Waals surface area contributed by atoms with Crippen LogP contribution < -0.4 is 0 Å². The number of hydrogen-bond acceptors (Lipinski definition) is 5. The largest absolute Gasteiger partial charge is 0.332 e. The zero-order chi connectivity index (χ0) is 14.7. The molecule has 1 aliphatic carbocycles. The summed E-state index contributed by atoms with van der Waals surface area (Å²) in [5.41, 5.74) is -0.0955. The van der Waals surface area contributed by atoms with Crippen molar-refractivity contribution < 1.29 is 13.3 Å². The lowest BCUT2D eigenvalue weighted by Crippen LogP contribution is -1.99. The summed E-state index contributed by atoms with van der Waals surface area (Å²) in [6.07, 6.45) is 5.35. The van der Waals surface area contributed by atoms with Gasteiger partial charge < -0.3 is 4.52 Å². The predicted octanol–water partition coefficient (Wildman–Crippen LogP) is 3.90. The lowest BCUT2D eigenvalue weighted by molar-refractivity contribution is 0.146. The number of alkyl halides is 2. The molecule has 5 nitrogen and oxygen atoms in total. The van der Waals surface area contributed by atoms with Crippen LogP contribution in [0.25, 0.3) is 11.6 Å². The Bertz CT molecular complexity index is 594. The lowest BCUT2D eigenvalue weighted by atomic mass is 10.00. The van der Waals surface area contributed by atoms with E-state index in [4.69, 9.17) is 4.52 Å². The minimum Gasteiger partial charge on any atom is -0.332 e. The topological polar surface area (TPSA) is 64.7 Å². The second kappa shape index (κ2) is 6.24. The Balaban J connectivity index is 1.82. The molecule has 1 aliphatic rings. The first-order valence-corrected chi connectivity index (χ1v) is 7.18. The molecule has 2 heterocycles. The maximum Gasteiger partial charge on any atom is 0.280 e. The van der Waals surface area contributed by atoms with Gasteiger partial charge in [0.2, 0.25) is 0 Å². The maximum atomic E-state index is 12.6. The molecule has 7 heteroatoms. The standard InChI is InChI=1S/C14H16F2N4O/c15-12(16)10-7-11(18-8-17-10)14-19-13(20-21-14)9-5-3-1-2-4-6-9/h7-9,12H,1-6H2. The fraction of sp³-hybridized carbons (Fsp3) is 0.571. The Morgan fingerprint density at radius 1 is 1.10 bits per heavy atom. The average Bonchev–Trinajstić information content (AvgIpc) is 2.83. The Morgan fingerprint density at radius 2 is 1.86 bits per heavy atom. The van der Waals surface area contributed by atoms with Crippen molar-refractivity contribution in [2.24, 2.45) is 0 Å². The van der Waals surface area contributed by atoms with Crippen molar-refractivity contribution in [3.63, 3.8) is 0 Å². The zero-order valence-electron chi connectivity index (χ0n) is 11.5. The minimum absolute atomic E-state index is 0.179. The monoisotopic (exact) mass is 294 g/mol. The van der Waals surface area contributed by atoms with Crippen molar-refractivity contribution in [2.75, 3.05) is 0 Å². The quantitative estimate of drug-likeness (QED) is 0.803. The zero-order valence-corrected chi connectivity index (χ0v) is 11.5. The van der Waals surface area contributed by atoms with Crippen molar-refractivity contribution in [3.05, 3.63) is 23.9 Å². The van der Waals surface area contributed by atoms with Crippen LogP contribution in [0.5, 0.6) is 0 Å². The molecule has 0 atom stereocenters. The SMILES string of the molecule is FC(F)c1cc(-c2nc(C3CCCCCC3)no2)ncn1. The van der Waals surface area contributed by atoms with Crippen LogP contribution >= 0.6 is 0 Å². The molecule has 2 aromatic rings. The number of halogens is 2. The van der Waals surface area contributed by atoms with Gasteiger partial charge in [-0.2, -0.15) is 4.98 Å². The molecule has 0 unspecified atom stereocenters. The Morgan fingerprint density at radius 3 is 2.57 bits per heavy atom. The van der Waals surface area contributed by atoms with Gasteiger partial charge in [0.1, 0.15) is 17.7 Å². The predicted molar refractivity (Wildman–Crippen MR) is 70.7 cm³/mol. The van der Waals surface area contributed by atoms with Crippen molar-refractivity contribution in [1.82, 2.24) is 20.1 Å². The summed E-state index contributed by atoms with van der Waals surface area (Å²) in [4.78, 5) is 11.8. The number of aromatic nitrogens is 4. The summed E-state index contributed by atoms with van der Waals surface area (Å²) in [7, 11) is 0. The van der Waals surface area contributed by atoms with Crippen LogP contribution in [0, 0.1) is 0 Å². The van der Waals surface area contributed by atoms with E-state index in [1.807, 2.05) is 0 Å². The lowest BCUT2D eigenvalue weighted by Gasteiger charge is -2.07. The molecule has 0 radical (unpaired) electrons. The van der Waals surface area contributed by atoms with Crippen LogP contribution in [-0.2, 0) is 0 Å².